The largest absolute Gasteiger partial charge is 0.345 e. The molecular weight excluding hydrogens is 286 g/mol. The fourth-order valence-electron chi connectivity index (χ4n) is 1.84. The summed E-state index contributed by atoms with van der Waals surface area (Å²) in [7, 11) is -2.10. The molecule has 0 unspecified atom stereocenters. The summed E-state index contributed by atoms with van der Waals surface area (Å²) < 4.78 is 38.1. The highest BCUT2D eigenvalue weighted by Gasteiger charge is 2.41. The Hall–Kier alpha value is -0.470. The second-order valence-electron chi connectivity index (χ2n) is 5.52. The molecule has 1 saturated heterocycles. The molecular formula is C12H19NO4S2. The summed E-state index contributed by atoms with van der Waals surface area (Å²) in [5, 5.41) is 1.73. The monoisotopic (exact) mass is 305 g/mol. The van der Waals surface area contributed by atoms with Crippen molar-refractivity contribution in [2.75, 3.05) is 20.3 Å². The molecule has 0 aliphatic carbocycles. The van der Waals surface area contributed by atoms with Gasteiger partial charge in [0.25, 0.3) is 0 Å². The van der Waals surface area contributed by atoms with E-state index in [1.165, 1.54) is 7.05 Å². The van der Waals surface area contributed by atoms with Gasteiger partial charge >= 0.3 is 0 Å². The number of hydrogen-bond donors (Lipinski definition) is 1. The Morgan fingerprint density at radius 3 is 2.37 bits per heavy atom. The van der Waals surface area contributed by atoms with Gasteiger partial charge in [0.2, 0.25) is 10.0 Å². The average molecular weight is 305 g/mol. The van der Waals surface area contributed by atoms with Crippen molar-refractivity contribution in [3.63, 3.8) is 0 Å². The predicted molar refractivity (Wildman–Crippen MR) is 73.6 cm³/mol. The normalized spacial score (nSPS) is 22.3. The van der Waals surface area contributed by atoms with Crippen LogP contribution in [0.1, 0.15) is 26.3 Å². The van der Waals surface area contributed by atoms with Crippen LogP contribution in [0.2, 0.25) is 0 Å². The molecule has 7 heteroatoms. The first-order valence-electron chi connectivity index (χ1n) is 6.00. The molecule has 2 heterocycles. The summed E-state index contributed by atoms with van der Waals surface area (Å²) in [6.07, 6.45) is 0. The van der Waals surface area contributed by atoms with Crippen LogP contribution < -0.4 is 4.72 Å². The van der Waals surface area contributed by atoms with Crippen LogP contribution in [0.25, 0.3) is 0 Å². The Bertz CT molecular complexity index is 552. The molecule has 1 aromatic heterocycles. The lowest BCUT2D eigenvalue weighted by atomic mass is 9.94. The SMILES string of the molecule is CNS(=O)(=O)c1sccc1C1(C)OCC(C)(C)CO1. The van der Waals surface area contributed by atoms with E-state index in [9.17, 15) is 8.42 Å². The molecule has 0 atom stereocenters. The van der Waals surface area contributed by atoms with E-state index in [2.05, 4.69) is 4.72 Å². The first kappa shape index (κ1) is 14.9. The summed E-state index contributed by atoms with van der Waals surface area (Å²) in [5.74, 6) is -1.01. The maximum absolute atomic E-state index is 12.0. The second-order valence-corrected chi connectivity index (χ2v) is 8.51. The zero-order chi connectivity index (χ0) is 14.3. The fraction of sp³-hybridized carbons (Fsp3) is 0.667. The first-order chi connectivity index (χ1) is 8.70. The van der Waals surface area contributed by atoms with Gasteiger partial charge in [-0.3, -0.25) is 0 Å². The Kier molecular flexibility index (Phi) is 3.79. The fourth-order valence-corrected chi connectivity index (χ4v) is 4.20. The summed E-state index contributed by atoms with van der Waals surface area (Å²) in [6.45, 7) is 6.91. The van der Waals surface area contributed by atoms with Crippen molar-refractivity contribution >= 4 is 21.4 Å². The van der Waals surface area contributed by atoms with E-state index in [0.29, 0.717) is 18.8 Å². The van der Waals surface area contributed by atoms with Gasteiger partial charge in [0.15, 0.2) is 5.79 Å². The molecule has 0 bridgehead atoms. The standard InChI is InChI=1S/C12H19NO4S2/c1-11(2)7-16-12(3,17-8-11)9-5-6-18-10(9)19(14,15)13-4/h5-6,13H,7-8H2,1-4H3. The number of rotatable bonds is 3. The molecule has 1 aromatic rings. The summed E-state index contributed by atoms with van der Waals surface area (Å²) >= 11 is 1.16. The molecule has 2 rings (SSSR count). The van der Waals surface area contributed by atoms with Gasteiger partial charge in [0.1, 0.15) is 4.21 Å². The van der Waals surface area contributed by atoms with Gasteiger partial charge in [-0.1, -0.05) is 13.8 Å². The summed E-state index contributed by atoms with van der Waals surface area (Å²) in [4.78, 5) is 0. The molecule has 1 aliphatic rings. The van der Waals surface area contributed by atoms with Crippen LogP contribution in [0, 0.1) is 5.41 Å². The van der Waals surface area contributed by atoms with Gasteiger partial charge < -0.3 is 9.47 Å². The maximum atomic E-state index is 12.0. The van der Waals surface area contributed by atoms with E-state index in [1.807, 2.05) is 13.8 Å². The zero-order valence-electron chi connectivity index (χ0n) is 11.5. The molecule has 0 spiro atoms. The minimum absolute atomic E-state index is 0.0580. The van der Waals surface area contributed by atoms with Crippen LogP contribution in [-0.2, 0) is 25.3 Å². The minimum atomic E-state index is -3.49. The average Bonchev–Trinajstić information content (AvgIpc) is 2.84. The molecule has 0 amide bonds. The lowest BCUT2D eigenvalue weighted by molar-refractivity contribution is -0.299. The zero-order valence-corrected chi connectivity index (χ0v) is 13.2. The molecule has 5 nitrogen and oxygen atoms in total. The maximum Gasteiger partial charge on any atom is 0.250 e. The molecule has 0 radical (unpaired) electrons. The number of hydrogen-bond acceptors (Lipinski definition) is 5. The third-order valence-corrected chi connectivity index (χ3v) is 6.01. The van der Waals surface area contributed by atoms with E-state index >= 15 is 0 Å². The van der Waals surface area contributed by atoms with Crippen LogP contribution >= 0.6 is 11.3 Å². The van der Waals surface area contributed by atoms with Crippen LogP contribution in [0.5, 0.6) is 0 Å². The Labute approximate surface area is 118 Å². The van der Waals surface area contributed by atoms with Crippen molar-refractivity contribution < 1.29 is 17.9 Å². The van der Waals surface area contributed by atoms with Gasteiger partial charge in [-0.2, -0.15) is 0 Å². The van der Waals surface area contributed by atoms with Crippen LogP contribution in [0.3, 0.4) is 0 Å². The molecule has 0 saturated carbocycles. The van der Waals surface area contributed by atoms with E-state index in [0.717, 1.165) is 11.3 Å². The minimum Gasteiger partial charge on any atom is -0.345 e. The molecule has 1 fully saturated rings. The van der Waals surface area contributed by atoms with Gasteiger partial charge in [0.05, 0.1) is 13.2 Å². The highest BCUT2D eigenvalue weighted by molar-refractivity contribution is 7.91. The van der Waals surface area contributed by atoms with Crippen LogP contribution in [-0.4, -0.2) is 28.7 Å². The van der Waals surface area contributed by atoms with Gasteiger partial charge in [-0.15, -0.1) is 11.3 Å². The van der Waals surface area contributed by atoms with Crippen molar-refractivity contribution in [2.45, 2.75) is 30.8 Å². The highest BCUT2D eigenvalue weighted by atomic mass is 32.2. The number of sulfonamides is 1. The Morgan fingerprint density at radius 2 is 1.84 bits per heavy atom. The second kappa shape index (κ2) is 4.82. The van der Waals surface area contributed by atoms with E-state index < -0.39 is 15.8 Å². The van der Waals surface area contributed by atoms with E-state index in [4.69, 9.17) is 9.47 Å². The lowest BCUT2D eigenvalue weighted by Crippen LogP contribution is -2.44. The van der Waals surface area contributed by atoms with E-state index in [1.54, 1.807) is 18.4 Å². The molecule has 108 valence electrons. The highest BCUT2D eigenvalue weighted by Crippen LogP contribution is 2.40. The van der Waals surface area contributed by atoms with Gasteiger partial charge in [-0.05, 0) is 25.4 Å². The van der Waals surface area contributed by atoms with Crippen LogP contribution in [0.15, 0.2) is 15.7 Å². The number of thiophene rings is 1. The van der Waals surface area contributed by atoms with E-state index in [-0.39, 0.29) is 9.62 Å². The molecule has 0 aromatic carbocycles. The number of ether oxygens (including phenoxy) is 2. The Morgan fingerprint density at radius 1 is 1.26 bits per heavy atom. The third-order valence-electron chi connectivity index (χ3n) is 3.11. The molecule has 1 aliphatic heterocycles. The summed E-state index contributed by atoms with van der Waals surface area (Å²) in [6, 6.07) is 1.74. The predicted octanol–water partition coefficient (Wildman–Crippen LogP) is 1.90. The van der Waals surface area contributed by atoms with Crippen molar-refractivity contribution in [2.24, 2.45) is 5.41 Å². The molecule has 1 N–H and O–H groups in total. The Balaban J connectivity index is 2.36. The smallest absolute Gasteiger partial charge is 0.250 e. The van der Waals surface area contributed by atoms with Crippen molar-refractivity contribution in [1.29, 1.82) is 0 Å². The van der Waals surface area contributed by atoms with Crippen LogP contribution in [0.4, 0.5) is 0 Å². The topological polar surface area (TPSA) is 64.6 Å². The quantitative estimate of drug-likeness (QED) is 0.926. The number of nitrogens with one attached hydrogen (secondary N) is 1. The van der Waals surface area contributed by atoms with Gasteiger partial charge in [0, 0.05) is 11.0 Å². The lowest BCUT2D eigenvalue weighted by Gasteiger charge is -2.41. The van der Waals surface area contributed by atoms with Gasteiger partial charge in [-0.25, -0.2) is 13.1 Å². The third kappa shape index (κ3) is 2.85. The summed E-state index contributed by atoms with van der Waals surface area (Å²) in [5.41, 5.74) is 0.500. The van der Waals surface area contributed by atoms with Crippen molar-refractivity contribution in [1.82, 2.24) is 4.72 Å². The van der Waals surface area contributed by atoms with Crippen molar-refractivity contribution in [3.05, 3.63) is 17.0 Å². The first-order valence-corrected chi connectivity index (χ1v) is 8.36. The molecule has 19 heavy (non-hydrogen) atoms. The van der Waals surface area contributed by atoms with Crippen molar-refractivity contribution in [3.8, 4) is 0 Å².